The van der Waals surface area contributed by atoms with E-state index >= 15 is 0 Å². The van der Waals surface area contributed by atoms with E-state index in [1.807, 2.05) is 12.1 Å². The maximum absolute atomic E-state index is 12.4. The lowest BCUT2D eigenvalue weighted by Gasteiger charge is -2.11. The molecular weight excluding hydrogens is 328 g/mol. The van der Waals surface area contributed by atoms with Gasteiger partial charge in [-0.05, 0) is 48.7 Å². The predicted octanol–water partition coefficient (Wildman–Crippen LogP) is 3.30. The molecule has 2 heterocycles. The van der Waals surface area contributed by atoms with Crippen molar-refractivity contribution in [2.75, 3.05) is 23.0 Å². The third-order valence-electron chi connectivity index (χ3n) is 3.80. The number of halogens is 1. The number of pyridine rings is 1. The van der Waals surface area contributed by atoms with Crippen LogP contribution < -0.4 is 16.0 Å². The lowest BCUT2D eigenvalue weighted by Crippen LogP contribution is -2.13. The van der Waals surface area contributed by atoms with Crippen molar-refractivity contribution in [3.05, 3.63) is 46.6 Å². The van der Waals surface area contributed by atoms with Crippen LogP contribution in [0, 0.1) is 0 Å². The molecule has 0 bridgehead atoms. The molecule has 3 rings (SSSR count). The Morgan fingerprint density at radius 2 is 2.08 bits per heavy atom. The number of nitrogens with one attached hydrogen (secondary N) is 3. The molecule has 1 aliphatic heterocycles. The molecule has 124 valence electrons. The van der Waals surface area contributed by atoms with E-state index in [-0.39, 0.29) is 17.0 Å². The van der Waals surface area contributed by atoms with Crippen LogP contribution in [-0.2, 0) is 11.2 Å². The highest BCUT2D eigenvalue weighted by Crippen LogP contribution is 2.26. The maximum Gasteiger partial charge on any atom is 0.255 e. The highest BCUT2D eigenvalue weighted by Gasteiger charge is 2.14. The summed E-state index contributed by atoms with van der Waals surface area (Å²) in [6, 6.07) is 8.61. The van der Waals surface area contributed by atoms with Gasteiger partial charge in [-0.15, -0.1) is 0 Å². The first-order chi connectivity index (χ1) is 11.5. The van der Waals surface area contributed by atoms with E-state index in [0.29, 0.717) is 23.5 Å². The van der Waals surface area contributed by atoms with Gasteiger partial charge in [-0.25, -0.2) is 4.98 Å². The van der Waals surface area contributed by atoms with Crippen LogP contribution in [0.4, 0.5) is 17.2 Å². The quantitative estimate of drug-likeness (QED) is 0.746. The number of anilines is 3. The monoisotopic (exact) mass is 344 g/mol. The van der Waals surface area contributed by atoms with Crippen LogP contribution in [0.25, 0.3) is 0 Å². The molecular formula is C17H17ClN4O2. The summed E-state index contributed by atoms with van der Waals surface area (Å²) in [4.78, 5) is 28.1. The minimum Gasteiger partial charge on any atom is -0.373 e. The lowest BCUT2D eigenvalue weighted by atomic mass is 10.1. The van der Waals surface area contributed by atoms with E-state index < -0.39 is 0 Å². The number of aromatic nitrogens is 1. The van der Waals surface area contributed by atoms with Crippen molar-refractivity contribution in [1.82, 2.24) is 4.98 Å². The van der Waals surface area contributed by atoms with Crippen molar-refractivity contribution in [1.29, 1.82) is 0 Å². The topological polar surface area (TPSA) is 83.1 Å². The van der Waals surface area contributed by atoms with Gasteiger partial charge >= 0.3 is 0 Å². The number of amides is 2. The van der Waals surface area contributed by atoms with Gasteiger partial charge in [-0.3, -0.25) is 9.59 Å². The predicted molar refractivity (Wildman–Crippen MR) is 94.8 cm³/mol. The molecule has 1 aromatic heterocycles. The molecule has 1 aliphatic rings. The van der Waals surface area contributed by atoms with Crippen molar-refractivity contribution < 1.29 is 9.59 Å². The second kappa shape index (κ2) is 6.88. The summed E-state index contributed by atoms with van der Waals surface area (Å²) in [6.07, 6.45) is 2.10. The van der Waals surface area contributed by atoms with Crippen LogP contribution in [0.2, 0.25) is 5.15 Å². The van der Waals surface area contributed by atoms with Gasteiger partial charge in [0.15, 0.2) is 0 Å². The van der Waals surface area contributed by atoms with Gasteiger partial charge < -0.3 is 16.0 Å². The number of aryl methyl sites for hydroxylation is 1. The summed E-state index contributed by atoms with van der Waals surface area (Å²) in [5.41, 5.74) is 2.92. The Kier molecular flexibility index (Phi) is 4.66. The normalized spacial score (nSPS) is 13.5. The number of nitrogens with zero attached hydrogens (tertiary/aromatic N) is 1. The standard InChI is InChI=1S/C17H17ClN4O2/c1-19-15-9-11(8-14(18)22-15)17(24)20-12-5-6-13-10(7-12)3-2-4-16(23)21-13/h5-9H,2-4H2,1H3,(H,19,22)(H,20,24)(H,21,23). The van der Waals surface area contributed by atoms with Crippen LogP contribution in [0.15, 0.2) is 30.3 Å². The zero-order valence-electron chi connectivity index (χ0n) is 13.1. The first-order valence-electron chi connectivity index (χ1n) is 7.64. The zero-order chi connectivity index (χ0) is 17.1. The molecule has 0 spiro atoms. The number of hydrogen-bond donors (Lipinski definition) is 3. The molecule has 0 aliphatic carbocycles. The number of hydrogen-bond acceptors (Lipinski definition) is 4. The van der Waals surface area contributed by atoms with Gasteiger partial charge in [0.05, 0.1) is 0 Å². The Morgan fingerprint density at radius 1 is 1.25 bits per heavy atom. The van der Waals surface area contributed by atoms with E-state index in [4.69, 9.17) is 11.6 Å². The molecule has 0 saturated carbocycles. The summed E-state index contributed by atoms with van der Waals surface area (Å²) in [6.45, 7) is 0. The van der Waals surface area contributed by atoms with E-state index in [0.717, 1.165) is 24.1 Å². The zero-order valence-corrected chi connectivity index (χ0v) is 13.9. The fourth-order valence-corrected chi connectivity index (χ4v) is 2.82. The molecule has 0 radical (unpaired) electrons. The van der Waals surface area contributed by atoms with Gasteiger partial charge in [0.25, 0.3) is 5.91 Å². The summed E-state index contributed by atoms with van der Waals surface area (Å²) in [5.74, 6) is 0.280. The number of carbonyl (C=O) groups is 2. The fourth-order valence-electron chi connectivity index (χ4n) is 2.61. The van der Waals surface area contributed by atoms with Crippen molar-refractivity contribution in [3.63, 3.8) is 0 Å². The van der Waals surface area contributed by atoms with Gasteiger partial charge in [0.2, 0.25) is 5.91 Å². The molecule has 6 nitrogen and oxygen atoms in total. The minimum atomic E-state index is -0.270. The summed E-state index contributed by atoms with van der Waals surface area (Å²) >= 11 is 5.93. The average molecular weight is 345 g/mol. The SMILES string of the molecule is CNc1cc(C(=O)Nc2ccc3c(c2)CCCC(=O)N3)cc(Cl)n1. The molecule has 2 aromatic rings. The van der Waals surface area contributed by atoms with Gasteiger partial charge in [0.1, 0.15) is 11.0 Å². The van der Waals surface area contributed by atoms with Gasteiger partial charge in [-0.1, -0.05) is 11.6 Å². The third-order valence-corrected chi connectivity index (χ3v) is 3.99. The minimum absolute atomic E-state index is 0.0246. The largest absolute Gasteiger partial charge is 0.373 e. The Morgan fingerprint density at radius 3 is 2.88 bits per heavy atom. The van der Waals surface area contributed by atoms with Gasteiger partial charge in [0, 0.05) is 30.4 Å². The molecule has 3 N–H and O–H groups in total. The van der Waals surface area contributed by atoms with Crippen molar-refractivity contribution >= 4 is 40.6 Å². The van der Waals surface area contributed by atoms with Crippen LogP contribution in [0.1, 0.15) is 28.8 Å². The van der Waals surface area contributed by atoms with Crippen LogP contribution >= 0.6 is 11.6 Å². The summed E-state index contributed by atoms with van der Waals surface area (Å²) < 4.78 is 0. The molecule has 7 heteroatoms. The maximum atomic E-state index is 12.4. The van der Waals surface area contributed by atoms with E-state index in [1.54, 1.807) is 19.2 Å². The number of rotatable bonds is 3. The van der Waals surface area contributed by atoms with Crippen molar-refractivity contribution in [3.8, 4) is 0 Å². The Bertz CT molecular complexity index is 807. The van der Waals surface area contributed by atoms with Crippen molar-refractivity contribution in [2.24, 2.45) is 0 Å². The number of benzene rings is 1. The second-order valence-electron chi connectivity index (χ2n) is 5.54. The molecule has 0 atom stereocenters. The fraction of sp³-hybridized carbons (Fsp3) is 0.235. The van der Waals surface area contributed by atoms with E-state index in [1.165, 1.54) is 6.07 Å². The first-order valence-corrected chi connectivity index (χ1v) is 8.02. The molecule has 2 amide bonds. The highest BCUT2D eigenvalue weighted by atomic mass is 35.5. The Hall–Kier alpha value is -2.60. The van der Waals surface area contributed by atoms with E-state index in [9.17, 15) is 9.59 Å². The van der Waals surface area contributed by atoms with Crippen LogP contribution in [0.3, 0.4) is 0 Å². The summed E-state index contributed by atoms with van der Waals surface area (Å²) in [5, 5.41) is 8.83. The second-order valence-corrected chi connectivity index (χ2v) is 5.93. The summed E-state index contributed by atoms with van der Waals surface area (Å²) in [7, 11) is 1.71. The first kappa shape index (κ1) is 16.3. The van der Waals surface area contributed by atoms with Crippen LogP contribution in [-0.4, -0.2) is 23.8 Å². The number of carbonyl (C=O) groups excluding carboxylic acids is 2. The van der Waals surface area contributed by atoms with E-state index in [2.05, 4.69) is 20.9 Å². The smallest absolute Gasteiger partial charge is 0.255 e. The third kappa shape index (κ3) is 3.65. The average Bonchev–Trinajstić information content (AvgIpc) is 2.74. The molecule has 0 saturated heterocycles. The van der Waals surface area contributed by atoms with Gasteiger partial charge in [-0.2, -0.15) is 0 Å². The molecule has 1 aromatic carbocycles. The Balaban J connectivity index is 1.81. The molecule has 0 unspecified atom stereocenters. The van der Waals surface area contributed by atoms with Crippen LogP contribution in [0.5, 0.6) is 0 Å². The highest BCUT2D eigenvalue weighted by molar-refractivity contribution is 6.30. The number of fused-ring (bicyclic) bond motifs is 1. The van der Waals surface area contributed by atoms with Crippen molar-refractivity contribution in [2.45, 2.75) is 19.3 Å². The Labute approximate surface area is 144 Å². The molecule has 0 fully saturated rings. The lowest BCUT2D eigenvalue weighted by molar-refractivity contribution is -0.116. The molecule has 24 heavy (non-hydrogen) atoms.